The molecule has 35 heavy (non-hydrogen) atoms. The zero-order valence-electron chi connectivity index (χ0n) is 18.8. The van der Waals surface area contributed by atoms with Gasteiger partial charge in [-0.3, -0.25) is 9.59 Å². The summed E-state index contributed by atoms with van der Waals surface area (Å²) >= 11 is 3.55. The molecule has 2 aromatic carbocycles. The van der Waals surface area contributed by atoms with Crippen LogP contribution < -0.4 is 14.8 Å². The second-order valence-electron chi connectivity index (χ2n) is 8.25. The zero-order valence-corrected chi connectivity index (χ0v) is 20.4. The summed E-state index contributed by atoms with van der Waals surface area (Å²) in [5.74, 6) is 0.136. The fourth-order valence-electron chi connectivity index (χ4n) is 4.37. The number of β-amino-alcohol motifs (C(OH)–C–C–N with tert-alkyl or cyclic N) is 1. The minimum atomic E-state index is -0.632. The maximum absolute atomic E-state index is 13.2. The summed E-state index contributed by atoms with van der Waals surface area (Å²) in [6.07, 6.45) is 0. The minimum Gasteiger partial charge on any atom is -0.466 e. The van der Waals surface area contributed by atoms with Gasteiger partial charge in [-0.1, -0.05) is 22.0 Å². The van der Waals surface area contributed by atoms with Crippen molar-refractivity contribution in [2.75, 3.05) is 38.9 Å². The smallest absolute Gasteiger partial charge is 0.337 e. The number of hydrogen-bond acceptors (Lipinski definition) is 8. The van der Waals surface area contributed by atoms with Crippen molar-refractivity contribution in [3.63, 3.8) is 0 Å². The van der Waals surface area contributed by atoms with Crippen LogP contribution in [-0.4, -0.2) is 66.3 Å². The van der Waals surface area contributed by atoms with E-state index in [0.717, 1.165) is 11.1 Å². The molecule has 0 unspecified atom stereocenters. The molecule has 0 fully saturated rings. The van der Waals surface area contributed by atoms with E-state index in [1.54, 1.807) is 17.0 Å². The largest absolute Gasteiger partial charge is 0.466 e. The van der Waals surface area contributed by atoms with Gasteiger partial charge in [0.25, 0.3) is 11.8 Å². The number of nitrogens with one attached hydrogen (secondary N) is 1. The highest BCUT2D eigenvalue weighted by Crippen LogP contribution is 2.36. The molecule has 0 saturated carbocycles. The molecule has 3 aliphatic rings. The molecule has 0 atom stereocenters. The van der Waals surface area contributed by atoms with E-state index in [2.05, 4.69) is 21.2 Å². The highest BCUT2D eigenvalue weighted by Gasteiger charge is 2.35. The molecular weight excluding hydrogens is 522 g/mol. The molecule has 0 aliphatic carbocycles. The third-order valence-corrected chi connectivity index (χ3v) is 6.80. The normalized spacial score (nSPS) is 16.3. The number of carbonyl (C=O) groups excluding carboxylic acids is 3. The molecule has 0 radical (unpaired) electrons. The number of nitrogens with zero attached hydrogens (tertiary/aromatic N) is 2. The lowest BCUT2D eigenvalue weighted by Crippen LogP contribution is -2.31. The van der Waals surface area contributed by atoms with E-state index >= 15 is 0 Å². The predicted molar refractivity (Wildman–Crippen MR) is 127 cm³/mol. The molecule has 5 rings (SSSR count). The van der Waals surface area contributed by atoms with Crippen LogP contribution in [0.2, 0.25) is 0 Å². The third-order valence-electron chi connectivity index (χ3n) is 6.10. The molecule has 182 valence electrons. The summed E-state index contributed by atoms with van der Waals surface area (Å²) in [5, 5.41) is 12.2. The van der Waals surface area contributed by atoms with E-state index in [4.69, 9.17) is 14.2 Å². The molecular formula is C24H22BrN3O7. The molecule has 2 N–H and O–H groups in total. The van der Waals surface area contributed by atoms with Crippen molar-refractivity contribution >= 4 is 39.4 Å². The summed E-state index contributed by atoms with van der Waals surface area (Å²) in [5.41, 5.74) is 2.96. The number of aliphatic hydroxyl groups is 1. The lowest BCUT2D eigenvalue weighted by atomic mass is 10.1. The van der Waals surface area contributed by atoms with Crippen molar-refractivity contribution < 1.29 is 33.7 Å². The van der Waals surface area contributed by atoms with E-state index in [1.807, 2.05) is 18.2 Å². The third kappa shape index (κ3) is 4.21. The SMILES string of the molecule is COC(=O)C1=C(Nc2cc(Br)c3c(c2)C(=O)N(Cc2ccc4c(c2)OCO4)C3)C(=O)N(CCO)C1. The summed E-state index contributed by atoms with van der Waals surface area (Å²) in [7, 11) is 1.24. The van der Waals surface area contributed by atoms with Gasteiger partial charge in [0.15, 0.2) is 11.5 Å². The van der Waals surface area contributed by atoms with E-state index in [1.165, 1.54) is 12.0 Å². The Hall–Kier alpha value is -3.57. The number of fused-ring (bicyclic) bond motifs is 2. The van der Waals surface area contributed by atoms with Gasteiger partial charge in [0, 0.05) is 35.4 Å². The van der Waals surface area contributed by atoms with Gasteiger partial charge in [-0.05, 0) is 35.4 Å². The maximum Gasteiger partial charge on any atom is 0.337 e. The van der Waals surface area contributed by atoms with Crippen molar-refractivity contribution in [3.05, 3.63) is 62.8 Å². The molecule has 2 amide bonds. The number of benzene rings is 2. The Morgan fingerprint density at radius 1 is 1.11 bits per heavy atom. The van der Waals surface area contributed by atoms with Gasteiger partial charge in [-0.25, -0.2) is 4.79 Å². The summed E-state index contributed by atoms with van der Waals surface area (Å²) < 4.78 is 16.3. The molecule has 3 heterocycles. The lowest BCUT2D eigenvalue weighted by Gasteiger charge is -2.16. The number of carbonyl (C=O) groups is 3. The lowest BCUT2D eigenvalue weighted by molar-refractivity contribution is -0.136. The second kappa shape index (κ2) is 9.23. The van der Waals surface area contributed by atoms with Gasteiger partial charge in [0.05, 0.1) is 25.8 Å². The zero-order chi connectivity index (χ0) is 24.7. The number of amides is 2. The first-order valence-electron chi connectivity index (χ1n) is 10.9. The summed E-state index contributed by atoms with van der Waals surface area (Å²) in [6.45, 7) is 0.887. The highest BCUT2D eigenvalue weighted by atomic mass is 79.9. The van der Waals surface area contributed by atoms with Gasteiger partial charge in [-0.15, -0.1) is 0 Å². The van der Waals surface area contributed by atoms with Crippen LogP contribution >= 0.6 is 15.9 Å². The quantitative estimate of drug-likeness (QED) is 0.509. The highest BCUT2D eigenvalue weighted by molar-refractivity contribution is 9.10. The van der Waals surface area contributed by atoms with Crippen LogP contribution in [0.4, 0.5) is 5.69 Å². The van der Waals surface area contributed by atoms with E-state index in [-0.39, 0.29) is 43.7 Å². The minimum absolute atomic E-state index is 0.0305. The average Bonchev–Trinajstić information content (AvgIpc) is 3.52. The number of hydrogen-bond donors (Lipinski definition) is 2. The number of anilines is 1. The fraction of sp³-hybridized carbons (Fsp3) is 0.292. The fourth-order valence-corrected chi connectivity index (χ4v) is 4.96. The van der Waals surface area contributed by atoms with Gasteiger partial charge in [0.1, 0.15) is 5.70 Å². The van der Waals surface area contributed by atoms with Crippen molar-refractivity contribution in [2.24, 2.45) is 0 Å². The standard InChI is InChI=1S/C24H22BrN3O7/c1-33-24(32)17-11-27(4-5-29)23(31)21(17)26-14-7-15-16(18(25)8-14)10-28(22(15)30)9-13-2-3-19-20(6-13)35-12-34-19/h2-3,6-8,26,29H,4-5,9-12H2,1H3. The molecule has 0 bridgehead atoms. The number of methoxy groups -OCH3 is 1. The first-order valence-corrected chi connectivity index (χ1v) is 11.7. The van der Waals surface area contributed by atoms with Crippen LogP contribution in [0.25, 0.3) is 0 Å². The van der Waals surface area contributed by atoms with E-state index in [9.17, 15) is 19.5 Å². The topological polar surface area (TPSA) is 118 Å². The first-order chi connectivity index (χ1) is 16.9. The van der Waals surface area contributed by atoms with Gasteiger partial charge < -0.3 is 34.4 Å². The molecule has 2 aromatic rings. The molecule has 3 aliphatic heterocycles. The Balaban J connectivity index is 1.38. The maximum atomic E-state index is 13.2. The van der Waals surface area contributed by atoms with Gasteiger partial charge in [0.2, 0.25) is 6.79 Å². The van der Waals surface area contributed by atoms with Gasteiger partial charge in [-0.2, -0.15) is 0 Å². The Morgan fingerprint density at radius 2 is 1.91 bits per heavy atom. The van der Waals surface area contributed by atoms with Crippen LogP contribution in [0, 0.1) is 0 Å². The van der Waals surface area contributed by atoms with Gasteiger partial charge >= 0.3 is 5.97 Å². The van der Waals surface area contributed by atoms with Crippen molar-refractivity contribution in [3.8, 4) is 11.5 Å². The number of ether oxygens (including phenoxy) is 3. The van der Waals surface area contributed by atoms with E-state index < -0.39 is 11.9 Å². The van der Waals surface area contributed by atoms with E-state index in [0.29, 0.717) is 40.3 Å². The summed E-state index contributed by atoms with van der Waals surface area (Å²) in [4.78, 5) is 41.4. The monoisotopic (exact) mass is 543 g/mol. The van der Waals surface area contributed by atoms with Crippen molar-refractivity contribution in [1.29, 1.82) is 0 Å². The first kappa shape index (κ1) is 23.2. The van der Waals surface area contributed by atoms with Crippen LogP contribution in [0.5, 0.6) is 11.5 Å². The van der Waals surface area contributed by atoms with Crippen LogP contribution in [0.15, 0.2) is 46.1 Å². The molecule has 0 saturated heterocycles. The van der Waals surface area contributed by atoms with Crippen LogP contribution in [0.3, 0.4) is 0 Å². The Labute approximate surface area is 209 Å². The Bertz CT molecular complexity index is 1280. The molecule has 0 aromatic heterocycles. The summed E-state index contributed by atoms with van der Waals surface area (Å²) in [6, 6.07) is 9.03. The van der Waals surface area contributed by atoms with Crippen LogP contribution in [0.1, 0.15) is 21.5 Å². The number of esters is 1. The molecule has 0 spiro atoms. The number of rotatable bonds is 7. The van der Waals surface area contributed by atoms with Crippen LogP contribution in [-0.2, 0) is 27.4 Å². The number of halogens is 1. The molecule has 11 heteroatoms. The Kier molecular flexibility index (Phi) is 6.12. The average molecular weight is 544 g/mol. The molecule has 10 nitrogen and oxygen atoms in total. The van der Waals surface area contributed by atoms with Crippen molar-refractivity contribution in [1.82, 2.24) is 9.80 Å². The predicted octanol–water partition coefficient (Wildman–Crippen LogP) is 2.01. The van der Waals surface area contributed by atoms with Crippen molar-refractivity contribution in [2.45, 2.75) is 13.1 Å². The Morgan fingerprint density at radius 3 is 2.69 bits per heavy atom. The number of aliphatic hydroxyl groups excluding tert-OH is 1. The second-order valence-corrected chi connectivity index (χ2v) is 9.11.